The molecule has 0 spiro atoms. The summed E-state index contributed by atoms with van der Waals surface area (Å²) in [5.74, 6) is 0. The lowest BCUT2D eigenvalue weighted by molar-refractivity contribution is -0.393. The Kier molecular flexibility index (Phi) is 4.03. The first-order valence-corrected chi connectivity index (χ1v) is 6.61. The maximum absolute atomic E-state index is 11.0. The number of non-ortho nitro benzene ring substituents is 1. The van der Waals surface area contributed by atoms with Gasteiger partial charge in [0.1, 0.15) is 0 Å². The van der Waals surface area contributed by atoms with Gasteiger partial charge in [-0.2, -0.15) is 0 Å². The molecule has 1 aromatic carbocycles. The summed E-state index contributed by atoms with van der Waals surface area (Å²) in [7, 11) is 0. The highest BCUT2D eigenvalue weighted by atomic mass is 32.1. The van der Waals surface area contributed by atoms with E-state index < -0.39 is 15.5 Å². The summed E-state index contributed by atoms with van der Waals surface area (Å²) in [6, 6.07) is 5.07. The van der Waals surface area contributed by atoms with Gasteiger partial charge in [0.2, 0.25) is 0 Å². The van der Waals surface area contributed by atoms with Crippen molar-refractivity contribution in [2.45, 2.75) is 13.8 Å². The smallest absolute Gasteiger partial charge is 0.258 e. The van der Waals surface area contributed by atoms with Gasteiger partial charge < -0.3 is 0 Å². The lowest BCUT2D eigenvalue weighted by Crippen LogP contribution is -1.92. The van der Waals surface area contributed by atoms with E-state index in [0.717, 1.165) is 21.9 Å². The SMILES string of the molecule is Cc1cc(N=Nc2ccc([N+](=O)[O-])cc2[N+](=O)[O-])c(C)s1. The number of nitrogens with zero attached hydrogens (tertiary/aromatic N) is 4. The molecule has 0 aliphatic rings. The number of hydrogen-bond donors (Lipinski definition) is 0. The minimum atomic E-state index is -0.715. The quantitative estimate of drug-likeness (QED) is 0.467. The fourth-order valence-electron chi connectivity index (χ4n) is 1.68. The molecule has 0 aliphatic carbocycles. The normalized spacial score (nSPS) is 11.0. The Bertz CT molecular complexity index is 754. The highest BCUT2D eigenvalue weighted by molar-refractivity contribution is 7.12. The Morgan fingerprint density at radius 3 is 2.19 bits per heavy atom. The van der Waals surface area contributed by atoms with E-state index in [1.165, 1.54) is 6.07 Å². The predicted molar refractivity (Wildman–Crippen MR) is 77.7 cm³/mol. The van der Waals surface area contributed by atoms with Crippen LogP contribution in [0, 0.1) is 34.1 Å². The van der Waals surface area contributed by atoms with Gasteiger partial charge in [-0.25, -0.2) is 0 Å². The predicted octanol–water partition coefficient (Wildman–Crippen LogP) is 4.60. The standard InChI is InChI=1S/C12H10N4O4S/c1-7-5-11(8(2)21-7)14-13-10-4-3-9(15(17)18)6-12(10)16(19)20/h3-6H,1-2H3. The summed E-state index contributed by atoms with van der Waals surface area (Å²) in [5.41, 5.74) is -0.195. The second-order valence-electron chi connectivity index (χ2n) is 4.19. The van der Waals surface area contributed by atoms with Crippen LogP contribution in [0.25, 0.3) is 0 Å². The number of aryl methyl sites for hydroxylation is 2. The van der Waals surface area contributed by atoms with Gasteiger partial charge in [0, 0.05) is 15.8 Å². The number of nitro benzene ring substituents is 2. The molecular formula is C12H10N4O4S. The van der Waals surface area contributed by atoms with Crippen LogP contribution in [-0.4, -0.2) is 9.85 Å². The average molecular weight is 306 g/mol. The van der Waals surface area contributed by atoms with Crippen molar-refractivity contribution in [2.24, 2.45) is 10.2 Å². The summed E-state index contributed by atoms with van der Waals surface area (Å²) >= 11 is 1.54. The van der Waals surface area contributed by atoms with Crippen LogP contribution in [0.15, 0.2) is 34.5 Å². The van der Waals surface area contributed by atoms with Crippen molar-refractivity contribution in [3.05, 3.63) is 54.2 Å². The molecule has 0 aliphatic heterocycles. The van der Waals surface area contributed by atoms with Gasteiger partial charge in [-0.05, 0) is 26.0 Å². The van der Waals surface area contributed by atoms with Gasteiger partial charge in [-0.15, -0.1) is 21.6 Å². The minimum Gasteiger partial charge on any atom is -0.258 e. The molecule has 1 heterocycles. The van der Waals surface area contributed by atoms with E-state index in [0.29, 0.717) is 5.69 Å². The first kappa shape index (κ1) is 14.7. The zero-order chi connectivity index (χ0) is 15.6. The number of hydrogen-bond acceptors (Lipinski definition) is 7. The van der Waals surface area contributed by atoms with E-state index in [-0.39, 0.29) is 11.4 Å². The summed E-state index contributed by atoms with van der Waals surface area (Å²) in [4.78, 5) is 22.2. The second kappa shape index (κ2) is 5.75. The molecule has 2 rings (SSSR count). The van der Waals surface area contributed by atoms with Gasteiger partial charge in [-0.3, -0.25) is 20.2 Å². The molecule has 0 unspecified atom stereocenters. The minimum absolute atomic E-state index is 0.0196. The largest absolute Gasteiger partial charge is 0.303 e. The van der Waals surface area contributed by atoms with E-state index in [4.69, 9.17) is 0 Å². The van der Waals surface area contributed by atoms with Crippen molar-refractivity contribution >= 4 is 34.1 Å². The summed E-state index contributed by atoms with van der Waals surface area (Å²) in [6.07, 6.45) is 0. The van der Waals surface area contributed by atoms with Crippen molar-refractivity contribution in [1.82, 2.24) is 0 Å². The fraction of sp³-hybridized carbons (Fsp3) is 0.167. The Hall–Kier alpha value is -2.68. The number of azo groups is 1. The maximum Gasteiger partial charge on any atom is 0.303 e. The molecule has 8 nitrogen and oxygen atoms in total. The summed E-state index contributed by atoms with van der Waals surface area (Å²) in [6.45, 7) is 3.79. The third-order valence-corrected chi connectivity index (χ3v) is 3.60. The third kappa shape index (κ3) is 3.26. The molecule has 9 heteroatoms. The molecule has 0 N–H and O–H groups in total. The first-order chi connectivity index (χ1) is 9.88. The van der Waals surface area contributed by atoms with Gasteiger partial charge >= 0.3 is 5.69 Å². The molecule has 0 radical (unpaired) electrons. The third-order valence-electron chi connectivity index (χ3n) is 2.65. The van der Waals surface area contributed by atoms with Crippen molar-refractivity contribution < 1.29 is 9.85 Å². The van der Waals surface area contributed by atoms with Crippen molar-refractivity contribution in [1.29, 1.82) is 0 Å². The molecule has 0 atom stereocenters. The molecule has 0 fully saturated rings. The highest BCUT2D eigenvalue weighted by Gasteiger charge is 2.19. The van der Waals surface area contributed by atoms with Crippen LogP contribution in [-0.2, 0) is 0 Å². The molecule has 2 aromatic rings. The maximum atomic E-state index is 11.0. The van der Waals surface area contributed by atoms with Crippen LogP contribution in [0.2, 0.25) is 0 Å². The first-order valence-electron chi connectivity index (χ1n) is 5.80. The van der Waals surface area contributed by atoms with E-state index in [2.05, 4.69) is 10.2 Å². The number of benzene rings is 1. The van der Waals surface area contributed by atoms with Gasteiger partial charge in [0.15, 0.2) is 5.69 Å². The lowest BCUT2D eigenvalue weighted by atomic mass is 10.2. The Balaban J connectivity index is 2.42. The van der Waals surface area contributed by atoms with Crippen molar-refractivity contribution in [2.75, 3.05) is 0 Å². The number of rotatable bonds is 4. The number of thiophene rings is 1. The lowest BCUT2D eigenvalue weighted by Gasteiger charge is -1.96. The van der Waals surface area contributed by atoms with Crippen LogP contribution in [0.1, 0.15) is 9.75 Å². The van der Waals surface area contributed by atoms with Gasteiger partial charge in [-0.1, -0.05) is 0 Å². The van der Waals surface area contributed by atoms with E-state index in [9.17, 15) is 20.2 Å². The molecule has 1 aromatic heterocycles. The Labute approximate surface area is 123 Å². The van der Waals surface area contributed by atoms with Gasteiger partial charge in [0.25, 0.3) is 5.69 Å². The molecular weight excluding hydrogens is 296 g/mol. The molecule has 0 saturated carbocycles. The summed E-state index contributed by atoms with van der Waals surface area (Å²) < 4.78 is 0. The molecule has 0 bridgehead atoms. The van der Waals surface area contributed by atoms with Gasteiger partial charge in [0.05, 0.1) is 21.6 Å². The van der Waals surface area contributed by atoms with Crippen LogP contribution in [0.5, 0.6) is 0 Å². The number of nitro groups is 2. The Morgan fingerprint density at radius 1 is 1.00 bits per heavy atom. The molecule has 0 saturated heterocycles. The topological polar surface area (TPSA) is 111 Å². The van der Waals surface area contributed by atoms with Crippen LogP contribution in [0.3, 0.4) is 0 Å². The molecule has 108 valence electrons. The summed E-state index contributed by atoms with van der Waals surface area (Å²) in [5, 5.41) is 29.4. The zero-order valence-electron chi connectivity index (χ0n) is 11.1. The van der Waals surface area contributed by atoms with Crippen molar-refractivity contribution in [3.8, 4) is 0 Å². The van der Waals surface area contributed by atoms with Crippen molar-refractivity contribution in [3.63, 3.8) is 0 Å². The highest BCUT2D eigenvalue weighted by Crippen LogP contribution is 2.34. The van der Waals surface area contributed by atoms with Crippen LogP contribution < -0.4 is 0 Å². The van der Waals surface area contributed by atoms with E-state index >= 15 is 0 Å². The van der Waals surface area contributed by atoms with E-state index in [1.807, 2.05) is 19.9 Å². The molecule has 0 amide bonds. The van der Waals surface area contributed by atoms with E-state index in [1.54, 1.807) is 11.3 Å². The van der Waals surface area contributed by atoms with Crippen LogP contribution in [0.4, 0.5) is 22.7 Å². The Morgan fingerprint density at radius 2 is 1.67 bits per heavy atom. The average Bonchev–Trinajstić information content (AvgIpc) is 2.74. The monoisotopic (exact) mass is 306 g/mol. The second-order valence-corrected chi connectivity index (χ2v) is 5.65. The fourth-order valence-corrected chi connectivity index (χ4v) is 2.54. The van der Waals surface area contributed by atoms with Crippen LogP contribution >= 0.6 is 11.3 Å². The zero-order valence-corrected chi connectivity index (χ0v) is 12.0. The molecule has 21 heavy (non-hydrogen) atoms.